The van der Waals surface area contributed by atoms with Crippen LogP contribution in [0.5, 0.6) is 0 Å². The number of piperazine rings is 1. The largest absolute Gasteiger partial charge is 0.368 e. The molecule has 6 heteroatoms. The van der Waals surface area contributed by atoms with Crippen LogP contribution in [0.3, 0.4) is 0 Å². The summed E-state index contributed by atoms with van der Waals surface area (Å²) in [4.78, 5) is 15.1. The van der Waals surface area contributed by atoms with Gasteiger partial charge in [-0.2, -0.15) is 15.0 Å². The van der Waals surface area contributed by atoms with E-state index in [0.29, 0.717) is 5.95 Å². The Morgan fingerprint density at radius 3 is 2.67 bits per heavy atom. The molecule has 2 heterocycles. The van der Waals surface area contributed by atoms with E-state index in [-0.39, 0.29) is 0 Å². The van der Waals surface area contributed by atoms with Gasteiger partial charge < -0.3 is 16.0 Å². The van der Waals surface area contributed by atoms with Crippen molar-refractivity contribution in [2.75, 3.05) is 36.8 Å². The molecule has 0 aromatic carbocycles. The number of rotatable bonds is 5. The van der Waals surface area contributed by atoms with E-state index in [1.807, 2.05) is 0 Å². The summed E-state index contributed by atoms with van der Waals surface area (Å²) in [5.74, 6) is 1.89. The fourth-order valence-corrected chi connectivity index (χ4v) is 2.08. The minimum Gasteiger partial charge on any atom is -0.368 e. The molecule has 6 nitrogen and oxygen atoms in total. The third-order valence-electron chi connectivity index (χ3n) is 3.09. The van der Waals surface area contributed by atoms with Crippen LogP contribution >= 0.6 is 0 Å². The number of anilines is 2. The molecule has 1 saturated heterocycles. The lowest BCUT2D eigenvalue weighted by molar-refractivity contribution is 0.576. The van der Waals surface area contributed by atoms with Gasteiger partial charge >= 0.3 is 0 Å². The normalized spacial score (nSPS) is 15.9. The summed E-state index contributed by atoms with van der Waals surface area (Å²) in [6.45, 7) is 5.98. The van der Waals surface area contributed by atoms with E-state index in [0.717, 1.165) is 50.8 Å². The zero-order valence-electron chi connectivity index (χ0n) is 11.0. The van der Waals surface area contributed by atoms with Gasteiger partial charge in [0.15, 0.2) is 0 Å². The number of aromatic nitrogens is 3. The molecule has 1 aromatic rings. The van der Waals surface area contributed by atoms with Gasteiger partial charge in [0, 0.05) is 32.6 Å². The quantitative estimate of drug-likeness (QED) is 0.745. The van der Waals surface area contributed by atoms with Crippen LogP contribution in [0, 0.1) is 0 Å². The number of hydrogen-bond donors (Lipinski definition) is 2. The van der Waals surface area contributed by atoms with Crippen LogP contribution in [0.1, 0.15) is 32.0 Å². The van der Waals surface area contributed by atoms with E-state index in [1.54, 1.807) is 0 Å². The molecule has 1 fully saturated rings. The number of nitrogen functional groups attached to an aromatic ring is 1. The Labute approximate surface area is 108 Å². The molecule has 0 atom stereocenters. The van der Waals surface area contributed by atoms with E-state index < -0.39 is 0 Å². The minimum absolute atomic E-state index is 0.338. The molecular weight excluding hydrogens is 228 g/mol. The van der Waals surface area contributed by atoms with Gasteiger partial charge in [0.25, 0.3) is 0 Å². The lowest BCUT2D eigenvalue weighted by Gasteiger charge is -2.27. The Morgan fingerprint density at radius 2 is 1.94 bits per heavy atom. The summed E-state index contributed by atoms with van der Waals surface area (Å²) in [7, 11) is 0. The Hall–Kier alpha value is -1.43. The van der Waals surface area contributed by atoms with E-state index >= 15 is 0 Å². The van der Waals surface area contributed by atoms with Gasteiger partial charge in [-0.05, 0) is 6.42 Å². The van der Waals surface area contributed by atoms with Gasteiger partial charge in [0.2, 0.25) is 11.9 Å². The van der Waals surface area contributed by atoms with Crippen molar-refractivity contribution in [2.45, 2.75) is 32.6 Å². The molecular formula is C12H22N6. The summed E-state index contributed by atoms with van der Waals surface area (Å²) in [6, 6.07) is 0. The standard InChI is InChI=1S/C12H22N6/c1-2-3-4-5-10-15-11(13)17-12(16-10)18-8-6-14-7-9-18/h14H,2-9H2,1H3,(H2,13,15,16,17). The zero-order chi connectivity index (χ0) is 12.8. The molecule has 2 rings (SSSR count). The molecule has 1 aliphatic heterocycles. The minimum atomic E-state index is 0.338. The van der Waals surface area contributed by atoms with Crippen LogP contribution < -0.4 is 16.0 Å². The second-order valence-corrected chi connectivity index (χ2v) is 4.60. The molecule has 1 aliphatic rings. The van der Waals surface area contributed by atoms with Gasteiger partial charge in [-0.3, -0.25) is 0 Å². The molecule has 0 amide bonds. The summed E-state index contributed by atoms with van der Waals surface area (Å²) in [6.07, 6.45) is 4.40. The number of hydrogen-bond acceptors (Lipinski definition) is 6. The molecule has 1 aromatic heterocycles. The highest BCUT2D eigenvalue weighted by atomic mass is 15.3. The first-order valence-corrected chi connectivity index (χ1v) is 6.75. The smallest absolute Gasteiger partial charge is 0.230 e. The topological polar surface area (TPSA) is 80.0 Å². The number of nitrogens with zero attached hydrogens (tertiary/aromatic N) is 4. The van der Waals surface area contributed by atoms with E-state index in [4.69, 9.17) is 5.73 Å². The van der Waals surface area contributed by atoms with Crippen LogP contribution in [-0.4, -0.2) is 41.1 Å². The Bertz CT molecular complexity index is 375. The van der Waals surface area contributed by atoms with Crippen LogP contribution in [0.15, 0.2) is 0 Å². The Balaban J connectivity index is 2.05. The van der Waals surface area contributed by atoms with Gasteiger partial charge in [-0.25, -0.2) is 0 Å². The van der Waals surface area contributed by atoms with E-state index in [1.165, 1.54) is 12.8 Å². The molecule has 0 saturated carbocycles. The van der Waals surface area contributed by atoms with Crippen LogP contribution in [0.2, 0.25) is 0 Å². The number of nitrogens with two attached hydrogens (primary N) is 1. The number of nitrogens with one attached hydrogen (secondary N) is 1. The van der Waals surface area contributed by atoms with Crippen molar-refractivity contribution < 1.29 is 0 Å². The zero-order valence-corrected chi connectivity index (χ0v) is 11.0. The molecule has 0 bridgehead atoms. The summed E-state index contributed by atoms with van der Waals surface area (Å²) < 4.78 is 0. The van der Waals surface area contributed by atoms with Crippen molar-refractivity contribution in [3.63, 3.8) is 0 Å². The van der Waals surface area contributed by atoms with Crippen molar-refractivity contribution >= 4 is 11.9 Å². The fourth-order valence-electron chi connectivity index (χ4n) is 2.08. The van der Waals surface area contributed by atoms with Gasteiger partial charge in [-0.15, -0.1) is 0 Å². The van der Waals surface area contributed by atoms with Crippen molar-refractivity contribution in [1.82, 2.24) is 20.3 Å². The second-order valence-electron chi connectivity index (χ2n) is 4.60. The molecule has 0 unspecified atom stereocenters. The predicted molar refractivity (Wildman–Crippen MR) is 72.6 cm³/mol. The number of unbranched alkanes of at least 4 members (excludes halogenated alkanes) is 2. The molecule has 18 heavy (non-hydrogen) atoms. The molecule has 0 radical (unpaired) electrons. The summed E-state index contributed by atoms with van der Waals surface area (Å²) in [5, 5.41) is 3.31. The van der Waals surface area contributed by atoms with Crippen LogP contribution in [-0.2, 0) is 6.42 Å². The Morgan fingerprint density at radius 1 is 1.17 bits per heavy atom. The van der Waals surface area contributed by atoms with E-state index in [9.17, 15) is 0 Å². The lowest BCUT2D eigenvalue weighted by Crippen LogP contribution is -2.44. The molecule has 3 N–H and O–H groups in total. The predicted octanol–water partition coefficient (Wildman–Crippen LogP) is 0.596. The maximum absolute atomic E-state index is 5.77. The van der Waals surface area contributed by atoms with Crippen molar-refractivity contribution in [3.8, 4) is 0 Å². The maximum Gasteiger partial charge on any atom is 0.230 e. The fraction of sp³-hybridized carbons (Fsp3) is 0.750. The maximum atomic E-state index is 5.77. The van der Waals surface area contributed by atoms with Crippen LogP contribution in [0.4, 0.5) is 11.9 Å². The average molecular weight is 250 g/mol. The second kappa shape index (κ2) is 6.49. The SMILES string of the molecule is CCCCCc1nc(N)nc(N2CCNCC2)n1. The monoisotopic (exact) mass is 250 g/mol. The molecule has 0 spiro atoms. The molecule has 0 aliphatic carbocycles. The first-order chi connectivity index (χ1) is 8.79. The first kappa shape index (κ1) is 13.0. The van der Waals surface area contributed by atoms with Gasteiger partial charge in [-0.1, -0.05) is 19.8 Å². The summed E-state index contributed by atoms with van der Waals surface area (Å²) >= 11 is 0. The van der Waals surface area contributed by atoms with Gasteiger partial charge in [0.05, 0.1) is 0 Å². The molecule has 100 valence electrons. The van der Waals surface area contributed by atoms with Crippen molar-refractivity contribution in [2.24, 2.45) is 0 Å². The third kappa shape index (κ3) is 3.53. The highest BCUT2D eigenvalue weighted by Crippen LogP contribution is 2.11. The van der Waals surface area contributed by atoms with Crippen molar-refractivity contribution in [1.29, 1.82) is 0 Å². The third-order valence-corrected chi connectivity index (χ3v) is 3.09. The Kier molecular flexibility index (Phi) is 4.69. The summed E-state index contributed by atoms with van der Waals surface area (Å²) in [5.41, 5.74) is 5.77. The van der Waals surface area contributed by atoms with Crippen LogP contribution in [0.25, 0.3) is 0 Å². The van der Waals surface area contributed by atoms with Crippen molar-refractivity contribution in [3.05, 3.63) is 5.82 Å². The highest BCUT2D eigenvalue weighted by Gasteiger charge is 2.14. The first-order valence-electron chi connectivity index (χ1n) is 6.75. The number of aryl methyl sites for hydroxylation is 1. The average Bonchev–Trinajstić information content (AvgIpc) is 2.39. The lowest BCUT2D eigenvalue weighted by atomic mass is 10.2. The van der Waals surface area contributed by atoms with E-state index in [2.05, 4.69) is 32.1 Å². The van der Waals surface area contributed by atoms with Gasteiger partial charge in [0.1, 0.15) is 5.82 Å². The highest BCUT2D eigenvalue weighted by molar-refractivity contribution is 5.35.